The number of ether oxygens (including phenoxy) is 4. The zero-order valence-corrected chi connectivity index (χ0v) is 23.9. The molecule has 2 heterocycles. The number of amides is 1. The van der Waals surface area contributed by atoms with Crippen LogP contribution in [-0.4, -0.2) is 41.7 Å². The zero-order chi connectivity index (χ0) is 28.9. The van der Waals surface area contributed by atoms with E-state index < -0.39 is 0 Å². The monoisotopic (exact) mass is 580 g/mol. The molecule has 0 aliphatic carbocycles. The Morgan fingerprint density at radius 2 is 1.67 bits per heavy atom. The fraction of sp³-hybridized carbons (Fsp3) is 0.156. The fourth-order valence-electron chi connectivity index (χ4n) is 4.56. The quantitative estimate of drug-likeness (QED) is 0.204. The van der Waals surface area contributed by atoms with Gasteiger partial charge in [0.25, 0.3) is 5.91 Å². The molecule has 42 heavy (non-hydrogen) atoms. The SMILES string of the molecule is COc1ccc(-n2c(SCc3cccc(C(=O)NCc4ccc5c(c4)OCO5)c3)nnc2-c2cccc(OC)c2)cc1. The van der Waals surface area contributed by atoms with Crippen molar-refractivity contribution >= 4 is 17.7 Å². The summed E-state index contributed by atoms with van der Waals surface area (Å²) in [5, 5.41) is 12.8. The third kappa shape index (κ3) is 5.89. The van der Waals surface area contributed by atoms with Crippen LogP contribution in [-0.2, 0) is 12.3 Å². The summed E-state index contributed by atoms with van der Waals surface area (Å²) in [7, 11) is 3.28. The number of methoxy groups -OCH3 is 2. The van der Waals surface area contributed by atoms with Gasteiger partial charge in [-0.2, -0.15) is 0 Å². The van der Waals surface area contributed by atoms with Crippen molar-refractivity contribution in [3.63, 3.8) is 0 Å². The summed E-state index contributed by atoms with van der Waals surface area (Å²) in [5.74, 6) is 4.04. The highest BCUT2D eigenvalue weighted by Crippen LogP contribution is 2.33. The molecular formula is C32H28N4O5S. The fourth-order valence-corrected chi connectivity index (χ4v) is 5.46. The molecule has 212 valence electrons. The molecule has 0 spiro atoms. The summed E-state index contributed by atoms with van der Waals surface area (Å²) in [4.78, 5) is 13.0. The number of aromatic nitrogens is 3. The zero-order valence-electron chi connectivity index (χ0n) is 23.1. The number of carbonyl (C=O) groups is 1. The van der Waals surface area contributed by atoms with Crippen LogP contribution in [0.2, 0.25) is 0 Å². The molecule has 4 aromatic carbocycles. The lowest BCUT2D eigenvalue weighted by molar-refractivity contribution is 0.0950. The van der Waals surface area contributed by atoms with E-state index in [2.05, 4.69) is 15.5 Å². The van der Waals surface area contributed by atoms with Crippen LogP contribution in [0.1, 0.15) is 21.5 Å². The molecule has 0 fully saturated rings. The van der Waals surface area contributed by atoms with Crippen LogP contribution in [0.5, 0.6) is 23.0 Å². The van der Waals surface area contributed by atoms with E-state index in [4.69, 9.17) is 18.9 Å². The Hall–Kier alpha value is -4.96. The molecule has 0 unspecified atom stereocenters. The van der Waals surface area contributed by atoms with E-state index in [9.17, 15) is 4.79 Å². The molecular weight excluding hydrogens is 552 g/mol. The number of hydrogen-bond donors (Lipinski definition) is 1. The van der Waals surface area contributed by atoms with Gasteiger partial charge in [-0.15, -0.1) is 10.2 Å². The Bertz CT molecular complexity index is 1720. The summed E-state index contributed by atoms with van der Waals surface area (Å²) < 4.78 is 23.6. The van der Waals surface area contributed by atoms with Gasteiger partial charge in [-0.3, -0.25) is 9.36 Å². The standard InChI is InChI=1S/C32H28N4O5S/c1-38-26-12-10-25(11-13-26)36-30(23-6-4-8-27(17-23)39-2)34-35-32(36)42-19-22-5-3-7-24(15-22)31(37)33-18-21-9-14-28-29(16-21)41-20-40-28/h3-17H,18-20H2,1-2H3,(H,33,37). The topological polar surface area (TPSA) is 96.7 Å². The Morgan fingerprint density at radius 1 is 0.857 bits per heavy atom. The molecule has 9 nitrogen and oxygen atoms in total. The third-order valence-electron chi connectivity index (χ3n) is 6.74. The van der Waals surface area contributed by atoms with Gasteiger partial charge in [-0.05, 0) is 71.8 Å². The minimum absolute atomic E-state index is 0.152. The minimum atomic E-state index is -0.152. The lowest BCUT2D eigenvalue weighted by atomic mass is 10.1. The summed E-state index contributed by atoms with van der Waals surface area (Å²) in [5.41, 5.74) is 4.29. The number of nitrogens with zero attached hydrogens (tertiary/aromatic N) is 3. The van der Waals surface area contributed by atoms with Gasteiger partial charge in [0.15, 0.2) is 22.5 Å². The normalized spacial score (nSPS) is 11.8. The maximum absolute atomic E-state index is 13.0. The highest BCUT2D eigenvalue weighted by atomic mass is 32.2. The van der Waals surface area contributed by atoms with Crippen LogP contribution in [0.3, 0.4) is 0 Å². The van der Waals surface area contributed by atoms with Gasteiger partial charge in [0, 0.05) is 29.1 Å². The molecule has 1 aliphatic rings. The number of benzene rings is 4. The van der Waals surface area contributed by atoms with Gasteiger partial charge < -0.3 is 24.3 Å². The second-order valence-corrected chi connectivity index (χ2v) is 10.4. The van der Waals surface area contributed by atoms with Crippen molar-refractivity contribution in [2.75, 3.05) is 21.0 Å². The van der Waals surface area contributed by atoms with Crippen molar-refractivity contribution in [3.8, 4) is 40.1 Å². The smallest absolute Gasteiger partial charge is 0.251 e. The maximum atomic E-state index is 13.0. The lowest BCUT2D eigenvalue weighted by Crippen LogP contribution is -2.22. The van der Waals surface area contributed by atoms with Gasteiger partial charge in [0.05, 0.1) is 14.2 Å². The molecule has 1 amide bonds. The van der Waals surface area contributed by atoms with E-state index >= 15 is 0 Å². The van der Waals surface area contributed by atoms with Crippen molar-refractivity contribution in [3.05, 3.63) is 108 Å². The van der Waals surface area contributed by atoms with Crippen molar-refractivity contribution in [1.29, 1.82) is 0 Å². The van der Waals surface area contributed by atoms with Crippen molar-refractivity contribution in [2.45, 2.75) is 17.5 Å². The largest absolute Gasteiger partial charge is 0.497 e. The van der Waals surface area contributed by atoms with E-state index in [1.54, 1.807) is 26.0 Å². The first kappa shape index (κ1) is 27.2. The molecule has 0 atom stereocenters. The molecule has 1 aromatic heterocycles. The van der Waals surface area contributed by atoms with Gasteiger partial charge in [0.2, 0.25) is 6.79 Å². The number of nitrogens with one attached hydrogen (secondary N) is 1. The summed E-state index contributed by atoms with van der Waals surface area (Å²) in [6, 6.07) is 28.8. The molecule has 0 bridgehead atoms. The highest BCUT2D eigenvalue weighted by molar-refractivity contribution is 7.98. The average molecular weight is 581 g/mol. The Kier molecular flexibility index (Phi) is 7.96. The third-order valence-corrected chi connectivity index (χ3v) is 7.74. The molecule has 5 aromatic rings. The summed E-state index contributed by atoms with van der Waals surface area (Å²) in [6.07, 6.45) is 0. The van der Waals surface area contributed by atoms with Crippen molar-refractivity contribution in [1.82, 2.24) is 20.1 Å². The van der Waals surface area contributed by atoms with Gasteiger partial charge in [-0.1, -0.05) is 42.1 Å². The second kappa shape index (κ2) is 12.3. The van der Waals surface area contributed by atoms with Gasteiger partial charge in [0.1, 0.15) is 11.5 Å². The Morgan fingerprint density at radius 3 is 2.50 bits per heavy atom. The lowest BCUT2D eigenvalue weighted by Gasteiger charge is -2.12. The Balaban J connectivity index is 1.19. The molecule has 1 N–H and O–H groups in total. The molecule has 10 heteroatoms. The minimum Gasteiger partial charge on any atom is -0.497 e. The average Bonchev–Trinajstić information content (AvgIpc) is 3.70. The van der Waals surface area contributed by atoms with E-state index in [1.807, 2.05) is 95.6 Å². The second-order valence-electron chi connectivity index (χ2n) is 9.43. The first-order valence-electron chi connectivity index (χ1n) is 13.2. The molecule has 6 rings (SSSR count). The molecule has 0 radical (unpaired) electrons. The van der Waals surface area contributed by atoms with Crippen LogP contribution in [0, 0.1) is 0 Å². The summed E-state index contributed by atoms with van der Waals surface area (Å²) in [6.45, 7) is 0.598. The first-order valence-corrected chi connectivity index (χ1v) is 14.2. The number of thioether (sulfide) groups is 1. The predicted octanol–water partition coefficient (Wildman–Crippen LogP) is 5.90. The van der Waals surface area contributed by atoms with Crippen LogP contribution in [0.25, 0.3) is 17.1 Å². The van der Waals surface area contributed by atoms with E-state index in [-0.39, 0.29) is 12.7 Å². The number of fused-ring (bicyclic) bond motifs is 1. The summed E-state index contributed by atoms with van der Waals surface area (Å²) >= 11 is 1.54. The first-order chi connectivity index (χ1) is 20.6. The van der Waals surface area contributed by atoms with Crippen molar-refractivity contribution in [2.24, 2.45) is 0 Å². The van der Waals surface area contributed by atoms with E-state index in [0.717, 1.165) is 39.0 Å². The molecule has 0 saturated carbocycles. The highest BCUT2D eigenvalue weighted by Gasteiger charge is 2.18. The number of hydrogen-bond acceptors (Lipinski definition) is 8. The van der Waals surface area contributed by atoms with Gasteiger partial charge in [-0.25, -0.2) is 0 Å². The van der Waals surface area contributed by atoms with Crippen LogP contribution in [0.15, 0.2) is 96.2 Å². The maximum Gasteiger partial charge on any atom is 0.251 e. The van der Waals surface area contributed by atoms with Crippen LogP contribution >= 0.6 is 11.8 Å². The van der Waals surface area contributed by atoms with Gasteiger partial charge >= 0.3 is 0 Å². The van der Waals surface area contributed by atoms with E-state index in [0.29, 0.717) is 35.2 Å². The number of carbonyl (C=O) groups excluding carboxylic acids is 1. The van der Waals surface area contributed by atoms with Crippen LogP contribution < -0.4 is 24.3 Å². The number of rotatable bonds is 10. The predicted molar refractivity (Wildman–Crippen MR) is 160 cm³/mol. The van der Waals surface area contributed by atoms with Crippen LogP contribution in [0.4, 0.5) is 0 Å². The molecule has 1 aliphatic heterocycles. The Labute approximate surface area is 247 Å². The molecule has 0 saturated heterocycles. The van der Waals surface area contributed by atoms with E-state index in [1.165, 1.54) is 0 Å². The van der Waals surface area contributed by atoms with Crippen molar-refractivity contribution < 1.29 is 23.7 Å².